The second kappa shape index (κ2) is 7.12. The van der Waals surface area contributed by atoms with E-state index in [0.29, 0.717) is 0 Å². The van der Waals surface area contributed by atoms with Gasteiger partial charge in [-0.25, -0.2) is 0 Å². The van der Waals surface area contributed by atoms with Crippen LogP contribution in [0, 0.1) is 13.8 Å². The molecule has 1 aromatic heterocycles. The molecule has 0 spiro atoms. The maximum atomic E-state index is 13.7. The van der Waals surface area contributed by atoms with Crippen molar-refractivity contribution < 1.29 is 0 Å². The average molecular weight is 367 g/mol. The van der Waals surface area contributed by atoms with Crippen molar-refractivity contribution in [3.05, 3.63) is 94.4 Å². The summed E-state index contributed by atoms with van der Waals surface area (Å²) in [6, 6.07) is 20.9. The Hall–Kier alpha value is -3.13. The summed E-state index contributed by atoms with van der Waals surface area (Å²) in [4.78, 5) is 13.7. The van der Waals surface area contributed by atoms with Gasteiger partial charge in [-0.1, -0.05) is 60.7 Å². The van der Waals surface area contributed by atoms with E-state index >= 15 is 0 Å². The third kappa shape index (κ3) is 3.05. The third-order valence-corrected chi connectivity index (χ3v) is 5.47. The summed E-state index contributed by atoms with van der Waals surface area (Å²) in [6.07, 6.45) is 4.02. The van der Waals surface area contributed by atoms with Gasteiger partial charge in [-0.05, 0) is 60.7 Å². The number of nitrogens with zero attached hydrogens (tertiary/aromatic N) is 1. The predicted molar refractivity (Wildman–Crippen MR) is 119 cm³/mol. The van der Waals surface area contributed by atoms with Crippen molar-refractivity contribution in [1.82, 2.24) is 4.57 Å². The van der Waals surface area contributed by atoms with Crippen LogP contribution < -0.4 is 5.43 Å². The van der Waals surface area contributed by atoms with Crippen LogP contribution in [0.3, 0.4) is 0 Å². The van der Waals surface area contributed by atoms with E-state index in [2.05, 4.69) is 68.7 Å². The zero-order valence-electron chi connectivity index (χ0n) is 16.9. The zero-order chi connectivity index (χ0) is 19.8. The molecule has 2 nitrogen and oxygen atoms in total. The lowest BCUT2D eigenvalue weighted by atomic mass is 9.92. The number of hydrogen-bond donors (Lipinski definition) is 0. The molecule has 0 amide bonds. The Morgan fingerprint density at radius 3 is 2.04 bits per heavy atom. The highest BCUT2D eigenvalue weighted by Crippen LogP contribution is 2.31. The lowest BCUT2D eigenvalue weighted by Gasteiger charge is -2.18. The molecule has 4 rings (SSSR count). The van der Waals surface area contributed by atoms with E-state index in [-0.39, 0.29) is 11.5 Å². The summed E-state index contributed by atoms with van der Waals surface area (Å²) in [6.45, 7) is 8.44. The molecule has 0 N–H and O–H groups in total. The SMILES string of the molecule is Cc1cccc(C)c1-c1cn(C(C)C)cc(-c2cccc3ccccc23)c1=O. The summed E-state index contributed by atoms with van der Waals surface area (Å²) in [5.74, 6) is 0. The number of fused-ring (bicyclic) bond motifs is 1. The highest BCUT2D eigenvalue weighted by molar-refractivity contribution is 5.97. The van der Waals surface area contributed by atoms with Gasteiger partial charge in [0.05, 0.1) is 0 Å². The molecule has 0 fully saturated rings. The van der Waals surface area contributed by atoms with Gasteiger partial charge in [0.25, 0.3) is 0 Å². The molecule has 0 saturated carbocycles. The highest BCUT2D eigenvalue weighted by Gasteiger charge is 2.17. The van der Waals surface area contributed by atoms with Gasteiger partial charge in [0.15, 0.2) is 5.43 Å². The summed E-state index contributed by atoms with van der Waals surface area (Å²) >= 11 is 0. The van der Waals surface area contributed by atoms with Gasteiger partial charge < -0.3 is 4.57 Å². The van der Waals surface area contributed by atoms with Gasteiger partial charge in [0, 0.05) is 29.6 Å². The third-order valence-electron chi connectivity index (χ3n) is 5.47. The second-order valence-electron chi connectivity index (χ2n) is 7.75. The smallest absolute Gasteiger partial charge is 0.197 e. The molecular weight excluding hydrogens is 342 g/mol. The molecule has 140 valence electrons. The maximum Gasteiger partial charge on any atom is 0.197 e. The maximum absolute atomic E-state index is 13.7. The lowest BCUT2D eigenvalue weighted by molar-refractivity contribution is 0.597. The Morgan fingerprint density at radius 2 is 1.32 bits per heavy atom. The fourth-order valence-electron chi connectivity index (χ4n) is 3.97. The Kier molecular flexibility index (Phi) is 4.64. The fourth-order valence-corrected chi connectivity index (χ4v) is 3.97. The number of pyridine rings is 1. The Labute approximate surface area is 166 Å². The first kappa shape index (κ1) is 18.2. The minimum atomic E-state index is 0.0886. The minimum Gasteiger partial charge on any atom is -0.350 e. The molecule has 0 aliphatic carbocycles. The number of aromatic nitrogens is 1. The van der Waals surface area contributed by atoms with Crippen molar-refractivity contribution in [2.45, 2.75) is 33.7 Å². The number of aryl methyl sites for hydroxylation is 2. The van der Waals surface area contributed by atoms with E-state index in [1.165, 1.54) is 0 Å². The van der Waals surface area contributed by atoms with Crippen molar-refractivity contribution in [1.29, 1.82) is 0 Å². The molecule has 3 aromatic carbocycles. The van der Waals surface area contributed by atoms with E-state index in [4.69, 9.17) is 0 Å². The fraction of sp³-hybridized carbons (Fsp3) is 0.192. The molecule has 1 heterocycles. The van der Waals surface area contributed by atoms with Crippen molar-refractivity contribution in [3.63, 3.8) is 0 Å². The number of hydrogen-bond acceptors (Lipinski definition) is 1. The van der Waals surface area contributed by atoms with Crippen LogP contribution in [0.5, 0.6) is 0 Å². The first-order valence-electron chi connectivity index (χ1n) is 9.78. The van der Waals surface area contributed by atoms with E-state index in [1.54, 1.807) is 0 Å². The quantitative estimate of drug-likeness (QED) is 0.403. The largest absolute Gasteiger partial charge is 0.350 e. The zero-order valence-corrected chi connectivity index (χ0v) is 16.9. The molecule has 0 atom stereocenters. The standard InChI is InChI=1S/C26H25NO/c1-17(2)27-15-23(22-14-8-12-20-11-5-6-13-21(20)22)26(28)24(16-27)25-18(3)9-7-10-19(25)4/h5-17H,1-4H3. The molecule has 0 bridgehead atoms. The van der Waals surface area contributed by atoms with Crippen molar-refractivity contribution in [2.75, 3.05) is 0 Å². The molecule has 0 aliphatic rings. The molecule has 0 radical (unpaired) electrons. The van der Waals surface area contributed by atoms with Crippen LogP contribution in [0.2, 0.25) is 0 Å². The van der Waals surface area contributed by atoms with Gasteiger partial charge >= 0.3 is 0 Å². The minimum absolute atomic E-state index is 0.0886. The highest BCUT2D eigenvalue weighted by atomic mass is 16.1. The normalized spacial score (nSPS) is 11.3. The van der Waals surface area contributed by atoms with E-state index in [9.17, 15) is 4.79 Å². The van der Waals surface area contributed by atoms with Crippen LogP contribution >= 0.6 is 0 Å². The second-order valence-corrected chi connectivity index (χ2v) is 7.75. The average Bonchev–Trinajstić information content (AvgIpc) is 2.68. The predicted octanol–water partition coefficient (Wildman–Crippen LogP) is 6.53. The summed E-state index contributed by atoms with van der Waals surface area (Å²) in [5, 5.41) is 2.25. The lowest BCUT2D eigenvalue weighted by Crippen LogP contribution is -2.15. The molecular formula is C26H25NO. The molecule has 4 aromatic rings. The van der Waals surface area contributed by atoms with Crippen LogP contribution in [0.4, 0.5) is 0 Å². The Balaban J connectivity index is 2.09. The van der Waals surface area contributed by atoms with Gasteiger partial charge in [-0.3, -0.25) is 4.79 Å². The molecule has 2 heteroatoms. The summed E-state index contributed by atoms with van der Waals surface area (Å²) < 4.78 is 2.15. The van der Waals surface area contributed by atoms with Crippen molar-refractivity contribution >= 4 is 10.8 Å². The first-order valence-corrected chi connectivity index (χ1v) is 9.78. The van der Waals surface area contributed by atoms with E-state index in [1.807, 2.05) is 36.7 Å². The van der Waals surface area contributed by atoms with Gasteiger partial charge in [-0.15, -0.1) is 0 Å². The molecule has 0 unspecified atom stereocenters. The number of rotatable bonds is 3. The Bertz CT molecular complexity index is 1210. The van der Waals surface area contributed by atoms with Gasteiger partial charge in [0.2, 0.25) is 0 Å². The molecule has 0 aliphatic heterocycles. The van der Waals surface area contributed by atoms with Crippen LogP contribution in [0.25, 0.3) is 33.0 Å². The van der Waals surface area contributed by atoms with Crippen LogP contribution in [0.15, 0.2) is 77.9 Å². The summed E-state index contributed by atoms with van der Waals surface area (Å²) in [7, 11) is 0. The number of benzene rings is 3. The van der Waals surface area contributed by atoms with Gasteiger partial charge in [-0.2, -0.15) is 0 Å². The van der Waals surface area contributed by atoms with E-state index < -0.39 is 0 Å². The van der Waals surface area contributed by atoms with Crippen LogP contribution in [-0.2, 0) is 0 Å². The summed E-state index contributed by atoms with van der Waals surface area (Å²) in [5.41, 5.74) is 5.91. The van der Waals surface area contributed by atoms with Crippen LogP contribution in [0.1, 0.15) is 31.0 Å². The topological polar surface area (TPSA) is 22.0 Å². The van der Waals surface area contributed by atoms with Crippen molar-refractivity contribution in [2.24, 2.45) is 0 Å². The monoisotopic (exact) mass is 367 g/mol. The van der Waals surface area contributed by atoms with Crippen LogP contribution in [-0.4, -0.2) is 4.57 Å². The molecule has 0 saturated heterocycles. The Morgan fingerprint density at radius 1 is 0.714 bits per heavy atom. The van der Waals surface area contributed by atoms with Gasteiger partial charge in [0.1, 0.15) is 0 Å². The van der Waals surface area contributed by atoms with Crippen molar-refractivity contribution in [3.8, 4) is 22.3 Å². The molecule has 28 heavy (non-hydrogen) atoms. The van der Waals surface area contributed by atoms with E-state index in [0.717, 1.165) is 44.2 Å². The first-order chi connectivity index (χ1) is 13.5.